The summed E-state index contributed by atoms with van der Waals surface area (Å²) in [6, 6.07) is 9.40. The van der Waals surface area contributed by atoms with Gasteiger partial charge < -0.3 is 9.47 Å². The van der Waals surface area contributed by atoms with Crippen LogP contribution in [0.4, 0.5) is 0 Å². The van der Waals surface area contributed by atoms with Crippen LogP contribution in [-0.2, 0) is 18.4 Å². The molecular weight excluding hydrogens is 322 g/mol. The molecule has 1 saturated carbocycles. The van der Waals surface area contributed by atoms with Gasteiger partial charge in [-0.15, -0.1) is 0 Å². The second-order valence-electron chi connectivity index (χ2n) is 8.73. The molecule has 1 amide bonds. The summed E-state index contributed by atoms with van der Waals surface area (Å²) >= 11 is 0. The maximum atomic E-state index is 13.0. The quantitative estimate of drug-likeness (QED) is 0.845. The summed E-state index contributed by atoms with van der Waals surface area (Å²) in [5, 5.41) is 1.30. The third-order valence-electron chi connectivity index (χ3n) is 6.91. The smallest absolute Gasteiger partial charge is 0.227 e. The first-order valence-corrected chi connectivity index (χ1v) is 10.2. The zero-order chi connectivity index (χ0) is 17.7. The Kier molecular flexibility index (Phi) is 4.04. The van der Waals surface area contributed by atoms with Crippen molar-refractivity contribution in [3.05, 3.63) is 36.0 Å². The summed E-state index contributed by atoms with van der Waals surface area (Å²) in [7, 11) is 2.11. The highest BCUT2D eigenvalue weighted by molar-refractivity contribution is 5.81. The van der Waals surface area contributed by atoms with Crippen LogP contribution in [0.25, 0.3) is 10.9 Å². The van der Waals surface area contributed by atoms with Crippen molar-refractivity contribution in [3.63, 3.8) is 0 Å². The number of fused-ring (bicyclic) bond motifs is 5. The van der Waals surface area contributed by atoms with Crippen LogP contribution in [0.2, 0.25) is 0 Å². The molecule has 4 heteroatoms. The average molecular weight is 351 g/mol. The molecule has 0 radical (unpaired) electrons. The molecule has 6 rings (SSSR count). The normalized spacial score (nSPS) is 27.1. The summed E-state index contributed by atoms with van der Waals surface area (Å²) in [5.74, 6) is 1.42. The fourth-order valence-electron chi connectivity index (χ4n) is 5.12. The fourth-order valence-corrected chi connectivity index (χ4v) is 5.12. The summed E-state index contributed by atoms with van der Waals surface area (Å²) in [6.07, 6.45) is 8.39. The van der Waals surface area contributed by atoms with Gasteiger partial charge in [-0.25, -0.2) is 0 Å². The molecule has 2 atom stereocenters. The van der Waals surface area contributed by atoms with Gasteiger partial charge >= 0.3 is 0 Å². The number of nitrogens with zero attached hydrogens (tertiary/aromatic N) is 3. The van der Waals surface area contributed by atoms with E-state index in [1.165, 1.54) is 42.1 Å². The zero-order valence-corrected chi connectivity index (χ0v) is 15.7. The average Bonchev–Trinajstić information content (AvgIpc) is 2.77. The van der Waals surface area contributed by atoms with Crippen molar-refractivity contribution < 1.29 is 4.79 Å². The highest BCUT2D eigenvalue weighted by atomic mass is 16.2. The Balaban J connectivity index is 1.33. The van der Waals surface area contributed by atoms with E-state index in [-0.39, 0.29) is 5.92 Å². The highest BCUT2D eigenvalue weighted by Gasteiger charge is 2.41. The van der Waals surface area contributed by atoms with E-state index in [9.17, 15) is 4.79 Å². The molecule has 3 saturated heterocycles. The SMILES string of the molecule is Cn1ccc2ccc(CN3C[C@@H]4CC[C@H](C3)N(CC3CCC3)C4=O)cc21. The molecule has 4 nitrogen and oxygen atoms in total. The molecule has 4 fully saturated rings. The van der Waals surface area contributed by atoms with Crippen LogP contribution < -0.4 is 0 Å². The largest absolute Gasteiger partial charge is 0.351 e. The summed E-state index contributed by atoms with van der Waals surface area (Å²) in [5.41, 5.74) is 2.65. The van der Waals surface area contributed by atoms with Crippen LogP contribution in [-0.4, -0.2) is 46.0 Å². The Morgan fingerprint density at radius 1 is 1.08 bits per heavy atom. The number of benzene rings is 1. The van der Waals surface area contributed by atoms with Crippen molar-refractivity contribution in [1.82, 2.24) is 14.4 Å². The van der Waals surface area contributed by atoms with Crippen LogP contribution in [0, 0.1) is 11.8 Å². The molecule has 1 aromatic carbocycles. The number of hydrogen-bond donors (Lipinski definition) is 0. The van der Waals surface area contributed by atoms with Crippen molar-refractivity contribution in [2.24, 2.45) is 18.9 Å². The van der Waals surface area contributed by atoms with Gasteiger partial charge in [-0.1, -0.05) is 18.6 Å². The topological polar surface area (TPSA) is 28.5 Å². The minimum Gasteiger partial charge on any atom is -0.351 e. The van der Waals surface area contributed by atoms with Crippen molar-refractivity contribution >= 4 is 16.8 Å². The summed E-state index contributed by atoms with van der Waals surface area (Å²) in [6.45, 7) is 3.95. The molecule has 26 heavy (non-hydrogen) atoms. The minimum atomic E-state index is 0.215. The van der Waals surface area contributed by atoms with Crippen molar-refractivity contribution in [2.45, 2.75) is 44.7 Å². The number of aryl methyl sites for hydroxylation is 1. The van der Waals surface area contributed by atoms with Gasteiger partial charge in [0.15, 0.2) is 0 Å². The van der Waals surface area contributed by atoms with Gasteiger partial charge in [0, 0.05) is 51.0 Å². The fraction of sp³-hybridized carbons (Fsp3) is 0.591. The Hall–Kier alpha value is -1.81. The molecule has 0 N–H and O–H groups in total. The van der Waals surface area contributed by atoms with Gasteiger partial charge in [0.25, 0.3) is 0 Å². The predicted molar refractivity (Wildman–Crippen MR) is 104 cm³/mol. The number of piperidine rings is 1. The molecule has 0 unspecified atom stereocenters. The van der Waals surface area contributed by atoms with Gasteiger partial charge in [-0.3, -0.25) is 9.69 Å². The highest BCUT2D eigenvalue weighted by Crippen LogP contribution is 2.34. The van der Waals surface area contributed by atoms with Crippen LogP contribution >= 0.6 is 0 Å². The lowest BCUT2D eigenvalue weighted by Gasteiger charge is -2.40. The van der Waals surface area contributed by atoms with Crippen molar-refractivity contribution in [2.75, 3.05) is 19.6 Å². The van der Waals surface area contributed by atoms with E-state index in [1.54, 1.807) is 0 Å². The monoisotopic (exact) mass is 351 g/mol. The molecule has 1 aromatic heterocycles. The molecule has 1 aliphatic carbocycles. The van der Waals surface area contributed by atoms with E-state index in [4.69, 9.17) is 0 Å². The van der Waals surface area contributed by atoms with Gasteiger partial charge in [0.1, 0.15) is 0 Å². The number of hydrogen-bond acceptors (Lipinski definition) is 2. The number of carbonyl (C=O) groups is 1. The molecule has 0 spiro atoms. The Morgan fingerprint density at radius 2 is 1.96 bits per heavy atom. The van der Waals surface area contributed by atoms with Gasteiger partial charge in [0.2, 0.25) is 5.91 Å². The van der Waals surface area contributed by atoms with E-state index in [2.05, 4.69) is 51.9 Å². The zero-order valence-electron chi connectivity index (χ0n) is 15.7. The maximum absolute atomic E-state index is 13.0. The molecule has 4 aliphatic rings. The number of amides is 1. The van der Waals surface area contributed by atoms with Gasteiger partial charge in [-0.05, 0) is 54.7 Å². The van der Waals surface area contributed by atoms with Crippen molar-refractivity contribution in [1.29, 1.82) is 0 Å². The lowest BCUT2D eigenvalue weighted by Crippen LogP contribution is -2.50. The Labute approximate surface area is 155 Å². The molecule has 138 valence electrons. The molecule has 2 aromatic rings. The first kappa shape index (κ1) is 16.4. The predicted octanol–water partition coefficient (Wildman–Crippen LogP) is 3.40. The number of carbonyl (C=O) groups excluding carboxylic acids is 1. The van der Waals surface area contributed by atoms with Gasteiger partial charge in [0.05, 0.1) is 5.92 Å². The molecule has 2 bridgehead atoms. The number of rotatable bonds is 4. The first-order chi connectivity index (χ1) is 12.7. The molecule has 3 aliphatic heterocycles. The standard InChI is InChI=1S/C22H29N3O/c1-23-10-9-18-6-5-17(11-21(18)23)12-24-14-19-7-8-20(15-24)25(22(19)26)13-16-3-2-4-16/h5-6,9-11,16,19-20H,2-4,7-8,12-15H2,1H3/t19-,20+/m0/s1. The third-order valence-corrected chi connectivity index (χ3v) is 6.91. The maximum Gasteiger partial charge on any atom is 0.227 e. The minimum absolute atomic E-state index is 0.215. The first-order valence-electron chi connectivity index (χ1n) is 10.2. The second-order valence-corrected chi connectivity index (χ2v) is 8.73. The lowest BCUT2D eigenvalue weighted by molar-refractivity contribution is -0.141. The number of aromatic nitrogens is 1. The van der Waals surface area contributed by atoms with Crippen molar-refractivity contribution in [3.8, 4) is 0 Å². The van der Waals surface area contributed by atoms with Crippen LogP contribution in [0.5, 0.6) is 0 Å². The van der Waals surface area contributed by atoms with Crippen LogP contribution in [0.3, 0.4) is 0 Å². The second kappa shape index (κ2) is 6.41. The van der Waals surface area contributed by atoms with Crippen LogP contribution in [0.15, 0.2) is 30.5 Å². The van der Waals surface area contributed by atoms with Gasteiger partial charge in [-0.2, -0.15) is 0 Å². The molecular formula is C22H29N3O. The van der Waals surface area contributed by atoms with E-state index in [0.29, 0.717) is 11.9 Å². The lowest BCUT2D eigenvalue weighted by atomic mass is 9.83. The summed E-state index contributed by atoms with van der Waals surface area (Å²) in [4.78, 5) is 17.8. The van der Waals surface area contributed by atoms with E-state index < -0.39 is 0 Å². The van der Waals surface area contributed by atoms with E-state index in [0.717, 1.165) is 38.5 Å². The van der Waals surface area contributed by atoms with Crippen LogP contribution in [0.1, 0.15) is 37.7 Å². The third kappa shape index (κ3) is 2.84. The summed E-state index contributed by atoms with van der Waals surface area (Å²) < 4.78 is 2.19. The van der Waals surface area contributed by atoms with E-state index in [1.807, 2.05) is 0 Å². The Bertz CT molecular complexity index is 822. The molecule has 4 heterocycles. The Morgan fingerprint density at radius 3 is 2.77 bits per heavy atom. The van der Waals surface area contributed by atoms with E-state index >= 15 is 0 Å².